The predicted molar refractivity (Wildman–Crippen MR) is 47.5 cm³/mol. The monoisotopic (exact) mass is 171 g/mol. The third-order valence-electron chi connectivity index (χ3n) is 2.77. The van der Waals surface area contributed by atoms with Crippen molar-refractivity contribution in [1.82, 2.24) is 4.90 Å². The number of hydrogen-bond donors (Lipinski definition) is 2. The molecule has 0 spiro atoms. The SMILES string of the molecule is CN(C(N)=O)C1CCCC1CN. The maximum atomic E-state index is 10.9. The van der Waals surface area contributed by atoms with E-state index < -0.39 is 0 Å². The van der Waals surface area contributed by atoms with Gasteiger partial charge in [-0.25, -0.2) is 4.79 Å². The second-order valence-electron chi connectivity index (χ2n) is 3.44. The van der Waals surface area contributed by atoms with Crippen LogP contribution in [0.3, 0.4) is 0 Å². The van der Waals surface area contributed by atoms with Crippen molar-refractivity contribution in [3.05, 3.63) is 0 Å². The summed E-state index contributed by atoms with van der Waals surface area (Å²) in [7, 11) is 1.75. The van der Waals surface area contributed by atoms with E-state index >= 15 is 0 Å². The topological polar surface area (TPSA) is 72.3 Å². The summed E-state index contributed by atoms with van der Waals surface area (Å²) in [6.45, 7) is 0.655. The Balaban J connectivity index is 2.55. The Hall–Kier alpha value is -0.770. The normalized spacial score (nSPS) is 28.8. The van der Waals surface area contributed by atoms with Crippen LogP contribution in [0.15, 0.2) is 0 Å². The molecule has 0 aromatic heterocycles. The van der Waals surface area contributed by atoms with E-state index in [1.807, 2.05) is 0 Å². The summed E-state index contributed by atoms with van der Waals surface area (Å²) >= 11 is 0. The molecule has 0 aromatic carbocycles. The first-order valence-corrected chi connectivity index (χ1v) is 4.39. The first kappa shape index (κ1) is 9.32. The molecule has 0 aliphatic heterocycles. The van der Waals surface area contributed by atoms with E-state index in [4.69, 9.17) is 11.5 Å². The minimum Gasteiger partial charge on any atom is -0.351 e. The van der Waals surface area contributed by atoms with Gasteiger partial charge >= 0.3 is 6.03 Å². The van der Waals surface area contributed by atoms with Crippen LogP contribution < -0.4 is 11.5 Å². The van der Waals surface area contributed by atoms with E-state index in [-0.39, 0.29) is 12.1 Å². The zero-order valence-corrected chi connectivity index (χ0v) is 7.49. The second kappa shape index (κ2) is 3.76. The summed E-state index contributed by atoms with van der Waals surface area (Å²) in [6, 6.07) is -0.0761. The number of urea groups is 1. The van der Waals surface area contributed by atoms with Gasteiger partial charge in [-0.3, -0.25) is 0 Å². The van der Waals surface area contributed by atoms with Crippen LogP contribution in [0.5, 0.6) is 0 Å². The predicted octanol–water partition coefficient (Wildman–Crippen LogP) is 0.124. The lowest BCUT2D eigenvalue weighted by atomic mass is 10.0. The minimum absolute atomic E-state index is 0.271. The van der Waals surface area contributed by atoms with E-state index in [2.05, 4.69) is 0 Å². The van der Waals surface area contributed by atoms with E-state index in [1.165, 1.54) is 0 Å². The van der Waals surface area contributed by atoms with Crippen molar-refractivity contribution >= 4 is 6.03 Å². The van der Waals surface area contributed by atoms with Gasteiger partial charge in [0.25, 0.3) is 0 Å². The fourth-order valence-electron chi connectivity index (χ4n) is 1.97. The third kappa shape index (κ3) is 1.69. The Bertz CT molecular complexity index is 172. The number of primary amides is 1. The van der Waals surface area contributed by atoms with Crippen LogP contribution in [-0.4, -0.2) is 30.6 Å². The molecule has 12 heavy (non-hydrogen) atoms. The molecule has 1 fully saturated rings. The Morgan fingerprint density at radius 2 is 2.25 bits per heavy atom. The molecule has 0 bridgehead atoms. The highest BCUT2D eigenvalue weighted by Gasteiger charge is 2.30. The molecular formula is C8H17N3O. The smallest absolute Gasteiger partial charge is 0.314 e. The molecule has 2 amide bonds. The molecule has 1 rings (SSSR count). The largest absolute Gasteiger partial charge is 0.351 e. The van der Waals surface area contributed by atoms with Crippen LogP contribution >= 0.6 is 0 Å². The van der Waals surface area contributed by atoms with Gasteiger partial charge in [0.05, 0.1) is 0 Å². The van der Waals surface area contributed by atoms with Crippen molar-refractivity contribution < 1.29 is 4.79 Å². The first-order chi connectivity index (χ1) is 5.66. The molecule has 4 heteroatoms. The van der Waals surface area contributed by atoms with Crippen molar-refractivity contribution in [1.29, 1.82) is 0 Å². The molecule has 4 nitrogen and oxygen atoms in total. The van der Waals surface area contributed by atoms with Gasteiger partial charge in [0.1, 0.15) is 0 Å². The Kier molecular flexibility index (Phi) is 2.92. The highest BCUT2D eigenvalue weighted by molar-refractivity contribution is 5.72. The number of amides is 2. The Labute approximate surface area is 72.9 Å². The second-order valence-corrected chi connectivity index (χ2v) is 3.44. The van der Waals surface area contributed by atoms with Gasteiger partial charge in [0.2, 0.25) is 0 Å². The third-order valence-corrected chi connectivity index (χ3v) is 2.77. The Morgan fingerprint density at radius 1 is 1.58 bits per heavy atom. The Morgan fingerprint density at radius 3 is 2.75 bits per heavy atom. The molecule has 2 unspecified atom stereocenters. The molecule has 0 heterocycles. The minimum atomic E-state index is -0.347. The van der Waals surface area contributed by atoms with Crippen LogP contribution in [0.4, 0.5) is 4.79 Å². The molecule has 0 saturated heterocycles. The average Bonchev–Trinajstić information content (AvgIpc) is 2.49. The van der Waals surface area contributed by atoms with Crippen molar-refractivity contribution in [3.8, 4) is 0 Å². The molecule has 1 aliphatic rings. The average molecular weight is 171 g/mol. The molecular weight excluding hydrogens is 154 g/mol. The summed E-state index contributed by atoms with van der Waals surface area (Å²) in [5, 5.41) is 0. The van der Waals surface area contributed by atoms with E-state index in [0.717, 1.165) is 19.3 Å². The van der Waals surface area contributed by atoms with Gasteiger partial charge in [0, 0.05) is 13.1 Å². The van der Waals surface area contributed by atoms with Crippen molar-refractivity contribution in [2.24, 2.45) is 17.4 Å². The fraction of sp³-hybridized carbons (Fsp3) is 0.875. The van der Waals surface area contributed by atoms with Crippen molar-refractivity contribution in [3.63, 3.8) is 0 Å². The standard InChI is InChI=1S/C8H17N3O/c1-11(8(10)12)7-4-2-3-6(7)5-9/h6-7H,2-5,9H2,1H3,(H2,10,12). The highest BCUT2D eigenvalue weighted by Crippen LogP contribution is 2.28. The van der Waals surface area contributed by atoms with E-state index in [0.29, 0.717) is 12.5 Å². The van der Waals surface area contributed by atoms with Gasteiger partial charge < -0.3 is 16.4 Å². The lowest BCUT2D eigenvalue weighted by Crippen LogP contribution is -2.44. The molecule has 1 saturated carbocycles. The summed E-state index contributed by atoms with van der Waals surface area (Å²) in [6.07, 6.45) is 3.32. The molecule has 70 valence electrons. The van der Waals surface area contributed by atoms with Gasteiger partial charge in [-0.1, -0.05) is 6.42 Å². The van der Waals surface area contributed by atoms with E-state index in [9.17, 15) is 4.79 Å². The van der Waals surface area contributed by atoms with Gasteiger partial charge in [-0.15, -0.1) is 0 Å². The lowest BCUT2D eigenvalue weighted by molar-refractivity contribution is 0.186. The van der Waals surface area contributed by atoms with Crippen molar-refractivity contribution in [2.45, 2.75) is 25.3 Å². The zero-order valence-electron chi connectivity index (χ0n) is 7.49. The van der Waals surface area contributed by atoms with Crippen LogP contribution in [0.25, 0.3) is 0 Å². The molecule has 0 aromatic rings. The van der Waals surface area contributed by atoms with Crippen LogP contribution in [0.2, 0.25) is 0 Å². The lowest BCUT2D eigenvalue weighted by Gasteiger charge is -2.27. The summed E-state index contributed by atoms with van der Waals surface area (Å²) in [4.78, 5) is 12.5. The maximum absolute atomic E-state index is 10.9. The molecule has 1 aliphatic carbocycles. The number of carbonyl (C=O) groups is 1. The van der Waals surface area contributed by atoms with Crippen LogP contribution in [-0.2, 0) is 0 Å². The van der Waals surface area contributed by atoms with Gasteiger partial charge in [-0.05, 0) is 25.3 Å². The molecule has 0 radical (unpaired) electrons. The number of rotatable bonds is 2. The fourth-order valence-corrected chi connectivity index (χ4v) is 1.97. The summed E-state index contributed by atoms with van der Waals surface area (Å²) < 4.78 is 0. The van der Waals surface area contributed by atoms with Crippen molar-refractivity contribution in [2.75, 3.05) is 13.6 Å². The van der Waals surface area contributed by atoms with Crippen LogP contribution in [0.1, 0.15) is 19.3 Å². The summed E-state index contributed by atoms with van der Waals surface area (Å²) in [5.41, 5.74) is 10.8. The first-order valence-electron chi connectivity index (χ1n) is 4.39. The quantitative estimate of drug-likeness (QED) is 0.619. The molecule has 2 atom stereocenters. The van der Waals surface area contributed by atoms with Gasteiger partial charge in [-0.2, -0.15) is 0 Å². The van der Waals surface area contributed by atoms with E-state index in [1.54, 1.807) is 11.9 Å². The number of hydrogen-bond acceptors (Lipinski definition) is 2. The number of nitrogens with two attached hydrogens (primary N) is 2. The number of carbonyl (C=O) groups excluding carboxylic acids is 1. The number of nitrogens with zero attached hydrogens (tertiary/aromatic N) is 1. The zero-order chi connectivity index (χ0) is 9.14. The molecule has 4 N–H and O–H groups in total. The maximum Gasteiger partial charge on any atom is 0.314 e. The van der Waals surface area contributed by atoms with Crippen LogP contribution in [0, 0.1) is 5.92 Å². The van der Waals surface area contributed by atoms with Gasteiger partial charge in [0.15, 0.2) is 0 Å². The highest BCUT2D eigenvalue weighted by atomic mass is 16.2. The summed E-state index contributed by atoms with van der Waals surface area (Å²) in [5.74, 6) is 0.447.